The van der Waals surface area contributed by atoms with E-state index in [1.165, 1.54) is 0 Å². The summed E-state index contributed by atoms with van der Waals surface area (Å²) in [4.78, 5) is 11.8. The van der Waals surface area contributed by atoms with Gasteiger partial charge < -0.3 is 21.1 Å². The number of ether oxygens (including phenoxy) is 1. The molecule has 5 heteroatoms. The molecule has 0 aliphatic heterocycles. The van der Waals surface area contributed by atoms with Crippen LogP contribution in [-0.4, -0.2) is 31.7 Å². The molecule has 0 saturated carbocycles. The van der Waals surface area contributed by atoms with E-state index in [0.717, 1.165) is 31.9 Å². The SMILES string of the molecule is CCOCCCNc1ccc(C(=O)NC(C)C)cc1N. The first-order valence-electron chi connectivity index (χ1n) is 7.06. The van der Waals surface area contributed by atoms with Crippen LogP contribution in [0.25, 0.3) is 0 Å². The molecule has 5 nitrogen and oxygen atoms in total. The molecule has 0 heterocycles. The van der Waals surface area contributed by atoms with Crippen molar-refractivity contribution in [1.29, 1.82) is 0 Å². The summed E-state index contributed by atoms with van der Waals surface area (Å²) in [6, 6.07) is 5.42. The van der Waals surface area contributed by atoms with Crippen molar-refractivity contribution in [3.63, 3.8) is 0 Å². The van der Waals surface area contributed by atoms with Crippen molar-refractivity contribution < 1.29 is 9.53 Å². The van der Waals surface area contributed by atoms with E-state index >= 15 is 0 Å². The molecule has 0 bridgehead atoms. The summed E-state index contributed by atoms with van der Waals surface area (Å²) < 4.78 is 5.27. The molecular formula is C15H25N3O2. The minimum absolute atomic E-state index is 0.102. The van der Waals surface area contributed by atoms with Gasteiger partial charge in [-0.15, -0.1) is 0 Å². The number of carbonyl (C=O) groups is 1. The highest BCUT2D eigenvalue weighted by Gasteiger charge is 2.08. The molecule has 4 N–H and O–H groups in total. The Morgan fingerprint density at radius 1 is 1.40 bits per heavy atom. The first-order valence-corrected chi connectivity index (χ1v) is 7.06. The lowest BCUT2D eigenvalue weighted by molar-refractivity contribution is 0.0943. The van der Waals surface area contributed by atoms with Gasteiger partial charge in [-0.25, -0.2) is 0 Å². The molecule has 1 amide bonds. The molecule has 1 aromatic rings. The Bertz CT molecular complexity index is 433. The van der Waals surface area contributed by atoms with E-state index in [1.54, 1.807) is 12.1 Å². The van der Waals surface area contributed by atoms with Crippen molar-refractivity contribution in [3.05, 3.63) is 23.8 Å². The van der Waals surface area contributed by atoms with Gasteiger partial charge in [-0.1, -0.05) is 0 Å². The number of amides is 1. The number of rotatable bonds is 8. The Morgan fingerprint density at radius 3 is 2.75 bits per heavy atom. The summed E-state index contributed by atoms with van der Waals surface area (Å²) in [5, 5.41) is 6.08. The maximum atomic E-state index is 11.8. The summed E-state index contributed by atoms with van der Waals surface area (Å²) in [5.74, 6) is -0.102. The summed E-state index contributed by atoms with van der Waals surface area (Å²) in [5.41, 5.74) is 7.97. The van der Waals surface area contributed by atoms with Gasteiger partial charge in [0.05, 0.1) is 11.4 Å². The average Bonchev–Trinajstić information content (AvgIpc) is 2.39. The lowest BCUT2D eigenvalue weighted by Crippen LogP contribution is -2.30. The number of nitrogens with one attached hydrogen (secondary N) is 2. The van der Waals surface area contributed by atoms with Gasteiger partial charge >= 0.3 is 0 Å². The number of carbonyl (C=O) groups excluding carboxylic acids is 1. The molecule has 1 aromatic carbocycles. The Morgan fingerprint density at radius 2 is 2.15 bits per heavy atom. The highest BCUT2D eigenvalue weighted by molar-refractivity contribution is 5.96. The zero-order chi connectivity index (χ0) is 15.0. The van der Waals surface area contributed by atoms with E-state index in [4.69, 9.17) is 10.5 Å². The van der Waals surface area contributed by atoms with Gasteiger partial charge in [-0.05, 0) is 45.4 Å². The Balaban J connectivity index is 2.53. The van der Waals surface area contributed by atoms with Crippen LogP contribution in [0.15, 0.2) is 18.2 Å². The number of hydrogen-bond acceptors (Lipinski definition) is 4. The second-order valence-electron chi connectivity index (χ2n) is 4.91. The van der Waals surface area contributed by atoms with Gasteiger partial charge in [0.1, 0.15) is 0 Å². The van der Waals surface area contributed by atoms with E-state index < -0.39 is 0 Å². The van der Waals surface area contributed by atoms with Gasteiger partial charge in [0, 0.05) is 31.4 Å². The molecule has 0 atom stereocenters. The van der Waals surface area contributed by atoms with Crippen LogP contribution in [0.3, 0.4) is 0 Å². The van der Waals surface area contributed by atoms with Gasteiger partial charge in [0.15, 0.2) is 0 Å². The summed E-state index contributed by atoms with van der Waals surface area (Å²) in [6.45, 7) is 8.10. The molecule has 0 aliphatic rings. The van der Waals surface area contributed by atoms with Gasteiger partial charge in [-0.3, -0.25) is 4.79 Å². The van der Waals surface area contributed by atoms with Crippen LogP contribution in [0.2, 0.25) is 0 Å². The Hall–Kier alpha value is -1.75. The smallest absolute Gasteiger partial charge is 0.251 e. The third-order valence-corrected chi connectivity index (χ3v) is 2.72. The standard InChI is InChI=1S/C15H25N3O2/c1-4-20-9-5-8-17-14-7-6-12(10-13(14)16)15(19)18-11(2)3/h6-7,10-11,17H,4-5,8-9,16H2,1-3H3,(H,18,19). The van der Waals surface area contributed by atoms with E-state index in [2.05, 4.69) is 10.6 Å². The lowest BCUT2D eigenvalue weighted by Gasteiger charge is -2.12. The van der Waals surface area contributed by atoms with Crippen molar-refractivity contribution in [1.82, 2.24) is 5.32 Å². The predicted molar refractivity (Wildman–Crippen MR) is 83.1 cm³/mol. The predicted octanol–water partition coefficient (Wildman–Crippen LogP) is 2.25. The number of nitrogens with two attached hydrogens (primary N) is 1. The molecule has 0 fully saturated rings. The quantitative estimate of drug-likeness (QED) is 0.504. The minimum atomic E-state index is -0.102. The van der Waals surface area contributed by atoms with Crippen LogP contribution in [0.4, 0.5) is 11.4 Å². The summed E-state index contributed by atoms with van der Waals surface area (Å²) >= 11 is 0. The minimum Gasteiger partial charge on any atom is -0.397 e. The largest absolute Gasteiger partial charge is 0.397 e. The third-order valence-electron chi connectivity index (χ3n) is 2.72. The first-order chi connectivity index (χ1) is 9.54. The normalized spacial score (nSPS) is 10.6. The monoisotopic (exact) mass is 279 g/mol. The molecule has 0 aliphatic carbocycles. The van der Waals surface area contributed by atoms with Gasteiger partial charge in [0.25, 0.3) is 5.91 Å². The second kappa shape index (κ2) is 8.43. The fourth-order valence-corrected chi connectivity index (χ4v) is 1.75. The summed E-state index contributed by atoms with van der Waals surface area (Å²) in [7, 11) is 0. The van der Waals surface area contributed by atoms with E-state index in [-0.39, 0.29) is 11.9 Å². The van der Waals surface area contributed by atoms with Crippen molar-refractivity contribution >= 4 is 17.3 Å². The number of anilines is 2. The van der Waals surface area contributed by atoms with Crippen LogP contribution < -0.4 is 16.4 Å². The van der Waals surface area contributed by atoms with Gasteiger partial charge in [-0.2, -0.15) is 0 Å². The zero-order valence-electron chi connectivity index (χ0n) is 12.5. The molecule has 0 unspecified atom stereocenters. The fourth-order valence-electron chi connectivity index (χ4n) is 1.75. The van der Waals surface area contributed by atoms with Crippen LogP contribution in [0, 0.1) is 0 Å². The zero-order valence-corrected chi connectivity index (χ0v) is 12.5. The van der Waals surface area contributed by atoms with E-state index in [9.17, 15) is 4.79 Å². The third kappa shape index (κ3) is 5.48. The molecule has 1 rings (SSSR count). The lowest BCUT2D eigenvalue weighted by atomic mass is 10.1. The number of hydrogen-bond donors (Lipinski definition) is 3. The average molecular weight is 279 g/mol. The molecule has 0 aromatic heterocycles. The second-order valence-corrected chi connectivity index (χ2v) is 4.91. The van der Waals surface area contributed by atoms with Crippen molar-refractivity contribution in [2.24, 2.45) is 0 Å². The Kier molecular flexibility index (Phi) is 6.87. The maximum absolute atomic E-state index is 11.8. The fraction of sp³-hybridized carbons (Fsp3) is 0.533. The number of benzene rings is 1. The van der Waals surface area contributed by atoms with Gasteiger partial charge in [0.2, 0.25) is 0 Å². The van der Waals surface area contributed by atoms with Crippen LogP contribution in [0.5, 0.6) is 0 Å². The van der Waals surface area contributed by atoms with Crippen molar-refractivity contribution in [2.45, 2.75) is 33.2 Å². The van der Waals surface area contributed by atoms with E-state index in [1.807, 2.05) is 26.8 Å². The first kappa shape index (κ1) is 16.3. The van der Waals surface area contributed by atoms with Crippen LogP contribution >= 0.6 is 0 Å². The van der Waals surface area contributed by atoms with Crippen LogP contribution in [-0.2, 0) is 4.74 Å². The molecular weight excluding hydrogens is 254 g/mol. The molecule has 112 valence electrons. The molecule has 0 spiro atoms. The maximum Gasteiger partial charge on any atom is 0.251 e. The highest BCUT2D eigenvalue weighted by Crippen LogP contribution is 2.19. The Labute approximate surface area is 120 Å². The highest BCUT2D eigenvalue weighted by atomic mass is 16.5. The molecule has 20 heavy (non-hydrogen) atoms. The summed E-state index contributed by atoms with van der Waals surface area (Å²) in [6.07, 6.45) is 0.920. The van der Waals surface area contributed by atoms with Crippen molar-refractivity contribution in [2.75, 3.05) is 30.8 Å². The molecule has 0 saturated heterocycles. The topological polar surface area (TPSA) is 76.4 Å². The molecule has 0 radical (unpaired) electrons. The van der Waals surface area contributed by atoms with Crippen molar-refractivity contribution in [3.8, 4) is 0 Å². The van der Waals surface area contributed by atoms with E-state index in [0.29, 0.717) is 11.3 Å². The number of nitrogen functional groups attached to an aromatic ring is 1. The van der Waals surface area contributed by atoms with Crippen LogP contribution in [0.1, 0.15) is 37.6 Å².